The van der Waals surface area contributed by atoms with E-state index in [4.69, 9.17) is 21.1 Å². The minimum atomic E-state index is -3.75. The van der Waals surface area contributed by atoms with Gasteiger partial charge in [-0.2, -0.15) is 5.10 Å². The monoisotopic (exact) mass is 460 g/mol. The summed E-state index contributed by atoms with van der Waals surface area (Å²) in [7, 11) is -0.620. The van der Waals surface area contributed by atoms with E-state index in [2.05, 4.69) is 26.2 Å². The summed E-state index contributed by atoms with van der Waals surface area (Å²) >= 11 is 6.01. The first kappa shape index (κ1) is 21.1. The average molecular weight is 461 g/mol. The molecule has 4 rings (SSSR count). The summed E-state index contributed by atoms with van der Waals surface area (Å²) in [4.78, 5) is 16.9. The number of ether oxygens (including phenoxy) is 1. The first-order valence-corrected chi connectivity index (χ1v) is 11.4. The van der Waals surface area contributed by atoms with Crippen molar-refractivity contribution in [3.8, 4) is 17.0 Å². The molecule has 3 aromatic rings. The van der Waals surface area contributed by atoms with Gasteiger partial charge in [0.25, 0.3) is 0 Å². The third-order valence-electron chi connectivity index (χ3n) is 5.04. The van der Waals surface area contributed by atoms with E-state index in [9.17, 15) is 9.00 Å². The topological polar surface area (TPSA) is 122 Å². The molecule has 0 bridgehead atoms. The van der Waals surface area contributed by atoms with Crippen LogP contribution in [0.15, 0.2) is 41.7 Å². The number of pyridine rings is 1. The Kier molecular flexibility index (Phi) is 5.59. The van der Waals surface area contributed by atoms with Crippen LogP contribution in [0.3, 0.4) is 0 Å². The lowest BCUT2D eigenvalue weighted by Crippen LogP contribution is -2.34. The van der Waals surface area contributed by atoms with Gasteiger partial charge in [-0.05, 0) is 42.0 Å². The molecule has 1 aromatic carbocycles. The van der Waals surface area contributed by atoms with Crippen molar-refractivity contribution in [2.45, 2.75) is 24.3 Å². The number of fused-ring (bicyclic) bond motifs is 1. The van der Waals surface area contributed by atoms with Crippen LogP contribution in [0.1, 0.15) is 17.5 Å². The second-order valence-corrected chi connectivity index (χ2v) is 9.24. The number of anilines is 1. The molecule has 2 aromatic heterocycles. The van der Waals surface area contributed by atoms with Crippen LogP contribution in [-0.2, 0) is 29.8 Å². The van der Waals surface area contributed by atoms with Gasteiger partial charge >= 0.3 is 6.03 Å². The molecule has 2 amide bonds. The number of hydrogen-bond donors (Lipinski definition) is 3. The Balaban J connectivity index is 1.68. The number of nitrogens with one attached hydrogen (secondary N) is 3. The van der Waals surface area contributed by atoms with Gasteiger partial charge in [0.05, 0.1) is 17.8 Å². The molecule has 2 heterocycles. The van der Waals surface area contributed by atoms with Crippen molar-refractivity contribution in [1.29, 1.82) is 4.78 Å². The largest absolute Gasteiger partial charge is 0.481 e. The Hall–Kier alpha value is -3.11. The lowest BCUT2D eigenvalue weighted by Gasteiger charge is -2.17. The highest BCUT2D eigenvalue weighted by molar-refractivity contribution is 7.91. The Labute approximate surface area is 184 Å². The lowest BCUT2D eigenvalue weighted by molar-refractivity contribution is 0.256. The van der Waals surface area contributed by atoms with Gasteiger partial charge in [0.2, 0.25) is 5.88 Å². The van der Waals surface area contributed by atoms with Gasteiger partial charge in [-0.3, -0.25) is 4.68 Å². The Morgan fingerprint density at radius 1 is 1.32 bits per heavy atom. The van der Waals surface area contributed by atoms with E-state index in [0.29, 0.717) is 11.6 Å². The van der Waals surface area contributed by atoms with Crippen molar-refractivity contribution >= 4 is 33.2 Å². The second kappa shape index (κ2) is 8.20. The summed E-state index contributed by atoms with van der Waals surface area (Å²) in [5.74, 6) is 0.451. The number of aromatic nitrogens is 3. The molecule has 1 aliphatic carbocycles. The lowest BCUT2D eigenvalue weighted by atomic mass is 9.98. The maximum Gasteiger partial charge on any atom is 0.332 e. The standard InChI is InChI=1S/C20H21ClN6O3S/c1-27-11-16(21)19(25-27)31(22,29)26-20(28)24-18-14-5-3-4-12(14)6-7-15(18)13-8-9-23-17(10-13)30-2/h6-11H,3-5H2,1-2H3,(H3,22,24,26,28,29). The van der Waals surface area contributed by atoms with Crippen molar-refractivity contribution < 1.29 is 13.7 Å². The fraction of sp³-hybridized carbons (Fsp3) is 0.250. The first-order valence-electron chi connectivity index (χ1n) is 9.50. The Bertz CT molecular complexity index is 1270. The van der Waals surface area contributed by atoms with Gasteiger partial charge in [-0.1, -0.05) is 23.7 Å². The summed E-state index contributed by atoms with van der Waals surface area (Å²) < 4.78 is 29.7. The van der Waals surface area contributed by atoms with Crippen molar-refractivity contribution in [1.82, 2.24) is 19.5 Å². The number of carbonyl (C=O) groups is 1. The van der Waals surface area contributed by atoms with Crippen LogP contribution >= 0.6 is 11.6 Å². The van der Waals surface area contributed by atoms with Gasteiger partial charge < -0.3 is 10.1 Å². The molecule has 0 fully saturated rings. The van der Waals surface area contributed by atoms with Crippen molar-refractivity contribution in [2.75, 3.05) is 12.4 Å². The predicted molar refractivity (Wildman–Crippen MR) is 118 cm³/mol. The number of rotatable bonds is 5. The minimum absolute atomic E-state index is 0.0490. The molecule has 1 atom stereocenters. The number of carbonyl (C=O) groups excluding carboxylic acids is 1. The van der Waals surface area contributed by atoms with Crippen LogP contribution in [0.4, 0.5) is 10.5 Å². The molecule has 1 aliphatic rings. The van der Waals surface area contributed by atoms with E-state index >= 15 is 0 Å². The number of hydrogen-bond acceptors (Lipinski definition) is 6. The quantitative estimate of drug-likeness (QED) is 0.534. The molecule has 31 heavy (non-hydrogen) atoms. The van der Waals surface area contributed by atoms with E-state index in [0.717, 1.165) is 41.5 Å². The summed E-state index contributed by atoms with van der Waals surface area (Å²) in [6.45, 7) is 0. The highest BCUT2D eigenvalue weighted by Crippen LogP contribution is 2.38. The van der Waals surface area contributed by atoms with Crippen LogP contribution in [-0.4, -0.2) is 32.1 Å². The first-order chi connectivity index (χ1) is 14.8. The van der Waals surface area contributed by atoms with E-state index in [-0.39, 0.29) is 10.0 Å². The third kappa shape index (κ3) is 4.21. The van der Waals surface area contributed by atoms with Crippen LogP contribution in [0.25, 0.3) is 11.1 Å². The fourth-order valence-electron chi connectivity index (χ4n) is 3.69. The van der Waals surface area contributed by atoms with Crippen LogP contribution in [0.5, 0.6) is 5.88 Å². The van der Waals surface area contributed by atoms with Gasteiger partial charge in [0.15, 0.2) is 14.9 Å². The van der Waals surface area contributed by atoms with Gasteiger partial charge in [-0.15, -0.1) is 0 Å². The SMILES string of the molecule is COc1cc(-c2ccc3c(c2NC(=O)NS(=N)(=O)c2nn(C)cc2Cl)CCC3)ccn1. The smallest absolute Gasteiger partial charge is 0.332 e. The molecule has 3 N–H and O–H groups in total. The van der Waals surface area contributed by atoms with Gasteiger partial charge in [0, 0.05) is 31.1 Å². The molecule has 0 saturated carbocycles. The summed E-state index contributed by atoms with van der Waals surface area (Å²) in [6, 6.07) is 6.81. The van der Waals surface area contributed by atoms with Gasteiger partial charge in [0.1, 0.15) is 0 Å². The van der Waals surface area contributed by atoms with E-state index < -0.39 is 15.9 Å². The Morgan fingerprint density at radius 3 is 2.84 bits per heavy atom. The second-order valence-electron chi connectivity index (χ2n) is 7.13. The molecule has 0 saturated heterocycles. The van der Waals surface area contributed by atoms with Gasteiger partial charge in [-0.25, -0.2) is 23.5 Å². The zero-order chi connectivity index (χ0) is 22.2. The molecule has 9 nitrogen and oxygen atoms in total. The highest BCUT2D eigenvalue weighted by atomic mass is 35.5. The zero-order valence-corrected chi connectivity index (χ0v) is 18.5. The van der Waals surface area contributed by atoms with Crippen molar-refractivity contribution in [3.05, 3.63) is 52.8 Å². The number of benzene rings is 1. The van der Waals surface area contributed by atoms with Crippen LogP contribution < -0.4 is 14.8 Å². The minimum Gasteiger partial charge on any atom is -0.481 e. The van der Waals surface area contributed by atoms with E-state index in [1.165, 1.54) is 18.0 Å². The number of halogens is 1. The number of methoxy groups -OCH3 is 1. The Morgan fingerprint density at radius 2 is 2.13 bits per heavy atom. The zero-order valence-electron chi connectivity index (χ0n) is 16.9. The number of nitrogens with zero attached hydrogens (tertiary/aromatic N) is 3. The van der Waals surface area contributed by atoms with Crippen LogP contribution in [0.2, 0.25) is 5.02 Å². The third-order valence-corrected chi connectivity index (χ3v) is 6.75. The van der Waals surface area contributed by atoms with Crippen molar-refractivity contribution in [2.24, 2.45) is 7.05 Å². The maximum absolute atomic E-state index is 12.8. The molecule has 0 radical (unpaired) electrons. The molecule has 1 unspecified atom stereocenters. The fourth-order valence-corrected chi connectivity index (χ4v) is 5.18. The predicted octanol–water partition coefficient (Wildman–Crippen LogP) is 3.78. The number of amides is 2. The van der Waals surface area contributed by atoms with E-state index in [1.807, 2.05) is 12.1 Å². The summed E-state index contributed by atoms with van der Waals surface area (Å²) in [5, 5.41) is 6.61. The number of aryl methyl sites for hydroxylation is 2. The molecule has 162 valence electrons. The number of urea groups is 1. The van der Waals surface area contributed by atoms with Crippen LogP contribution in [0, 0.1) is 4.78 Å². The highest BCUT2D eigenvalue weighted by Gasteiger charge is 2.24. The molecule has 0 aliphatic heterocycles. The van der Waals surface area contributed by atoms with Crippen molar-refractivity contribution in [3.63, 3.8) is 0 Å². The average Bonchev–Trinajstić information content (AvgIpc) is 3.34. The normalized spacial score (nSPS) is 14.5. The summed E-state index contributed by atoms with van der Waals surface area (Å²) in [6.07, 6.45) is 5.76. The molecular weight excluding hydrogens is 440 g/mol. The summed E-state index contributed by atoms with van der Waals surface area (Å²) in [5.41, 5.74) is 4.39. The molecular formula is C20H21ClN6O3S. The molecule has 11 heteroatoms. The maximum atomic E-state index is 12.8. The molecule has 0 spiro atoms. The van der Waals surface area contributed by atoms with E-state index in [1.54, 1.807) is 19.3 Å².